The van der Waals surface area contributed by atoms with Crippen LogP contribution in [0.15, 0.2) is 60.7 Å². The van der Waals surface area contributed by atoms with E-state index in [4.69, 9.17) is 0 Å². The summed E-state index contributed by atoms with van der Waals surface area (Å²) in [4.78, 5) is 0. The Kier molecular flexibility index (Phi) is 6.06. The molecular weight excluding hydrogens is 324 g/mol. The molecule has 23 heavy (non-hydrogen) atoms. The molecule has 122 valence electrons. The molecule has 2 atom stereocenters. The molecule has 0 saturated carbocycles. The van der Waals surface area contributed by atoms with E-state index in [2.05, 4.69) is 0 Å². The normalized spacial score (nSPS) is 18.7. The maximum absolute atomic E-state index is 11.0. The fourth-order valence-corrected chi connectivity index (χ4v) is 6.21. The highest BCUT2D eigenvalue weighted by molar-refractivity contribution is 8.17. The van der Waals surface area contributed by atoms with Gasteiger partial charge in [0.05, 0.1) is 16.8 Å². The molecule has 2 N–H and O–H groups in total. The lowest BCUT2D eigenvalue weighted by Crippen LogP contribution is -2.30. The molecule has 0 aromatic heterocycles. The molecule has 0 spiro atoms. The summed E-state index contributed by atoms with van der Waals surface area (Å²) in [5.41, 5.74) is 1.75. The molecule has 2 aromatic rings. The first kappa shape index (κ1) is 16.9. The zero-order valence-electron chi connectivity index (χ0n) is 12.9. The first-order valence-corrected chi connectivity index (χ1v) is 10.1. The molecule has 0 amide bonds. The van der Waals surface area contributed by atoms with E-state index in [1.165, 1.54) is 6.42 Å². The van der Waals surface area contributed by atoms with E-state index in [1.807, 2.05) is 84.2 Å². The van der Waals surface area contributed by atoms with Crippen LogP contribution >= 0.6 is 23.5 Å². The smallest absolute Gasteiger partial charge is 0.0865 e. The molecule has 1 aliphatic rings. The van der Waals surface area contributed by atoms with Gasteiger partial charge < -0.3 is 10.2 Å². The van der Waals surface area contributed by atoms with Gasteiger partial charge in [-0.1, -0.05) is 60.7 Å². The van der Waals surface area contributed by atoms with Crippen LogP contribution in [0.4, 0.5) is 0 Å². The van der Waals surface area contributed by atoms with E-state index < -0.39 is 12.2 Å². The van der Waals surface area contributed by atoms with Gasteiger partial charge in [0.2, 0.25) is 0 Å². The lowest BCUT2D eigenvalue weighted by molar-refractivity contribution is 0.0185. The maximum atomic E-state index is 11.0. The molecule has 1 heterocycles. The number of benzene rings is 2. The lowest BCUT2D eigenvalue weighted by Gasteiger charge is -2.36. The third kappa shape index (κ3) is 4.13. The minimum Gasteiger partial charge on any atom is -0.388 e. The molecule has 1 saturated heterocycles. The van der Waals surface area contributed by atoms with Crippen LogP contribution in [-0.2, 0) is 0 Å². The van der Waals surface area contributed by atoms with Gasteiger partial charge in [-0.3, -0.25) is 0 Å². The van der Waals surface area contributed by atoms with Crippen molar-refractivity contribution in [2.75, 3.05) is 11.5 Å². The van der Waals surface area contributed by atoms with Gasteiger partial charge in [0.15, 0.2) is 0 Å². The van der Waals surface area contributed by atoms with Crippen LogP contribution in [0.2, 0.25) is 0 Å². The van der Waals surface area contributed by atoms with E-state index in [9.17, 15) is 10.2 Å². The summed E-state index contributed by atoms with van der Waals surface area (Å²) in [5, 5.41) is 22.0. The van der Waals surface area contributed by atoms with Crippen LogP contribution in [0.1, 0.15) is 29.8 Å². The van der Waals surface area contributed by atoms with E-state index >= 15 is 0 Å². The molecular formula is C19H22O2S2. The standard InChI is InChI=1S/C19H22O2S2/c20-17(14-8-3-1-4-9-14)16(19-22-12-7-13-23-19)18(21)15-10-5-2-6-11-15/h1-6,8-11,16-21H,7,12-13H2/t17-,18-/m0/s1. The van der Waals surface area contributed by atoms with Crippen molar-refractivity contribution in [1.29, 1.82) is 0 Å². The highest BCUT2D eigenvalue weighted by Crippen LogP contribution is 2.46. The molecule has 0 aliphatic carbocycles. The summed E-state index contributed by atoms with van der Waals surface area (Å²) in [6.07, 6.45) is -0.148. The van der Waals surface area contributed by atoms with Crippen LogP contribution in [0.3, 0.4) is 0 Å². The van der Waals surface area contributed by atoms with Crippen molar-refractivity contribution in [3.05, 3.63) is 71.8 Å². The van der Waals surface area contributed by atoms with Gasteiger partial charge >= 0.3 is 0 Å². The Morgan fingerprint density at radius 2 is 1.17 bits per heavy atom. The fraction of sp³-hybridized carbons (Fsp3) is 0.368. The number of hydrogen-bond acceptors (Lipinski definition) is 4. The van der Waals surface area contributed by atoms with Crippen LogP contribution < -0.4 is 0 Å². The van der Waals surface area contributed by atoms with Crippen molar-refractivity contribution < 1.29 is 10.2 Å². The zero-order valence-corrected chi connectivity index (χ0v) is 14.5. The maximum Gasteiger partial charge on any atom is 0.0865 e. The Labute approximate surface area is 146 Å². The molecule has 0 unspecified atom stereocenters. The van der Waals surface area contributed by atoms with Crippen LogP contribution in [0, 0.1) is 5.92 Å². The second-order valence-corrected chi connectivity index (χ2v) is 8.55. The molecule has 2 aromatic carbocycles. The number of aliphatic hydroxyl groups excluding tert-OH is 2. The van der Waals surface area contributed by atoms with Crippen molar-refractivity contribution >= 4 is 23.5 Å². The fourth-order valence-electron chi connectivity index (χ4n) is 2.94. The van der Waals surface area contributed by atoms with Gasteiger partial charge in [-0.05, 0) is 29.1 Å². The van der Waals surface area contributed by atoms with Crippen molar-refractivity contribution in [3.63, 3.8) is 0 Å². The molecule has 1 aliphatic heterocycles. The van der Waals surface area contributed by atoms with Crippen molar-refractivity contribution in [1.82, 2.24) is 0 Å². The van der Waals surface area contributed by atoms with E-state index in [-0.39, 0.29) is 10.5 Å². The van der Waals surface area contributed by atoms with Crippen LogP contribution in [0.5, 0.6) is 0 Å². The quantitative estimate of drug-likeness (QED) is 0.848. The van der Waals surface area contributed by atoms with Gasteiger partial charge in [-0.2, -0.15) is 0 Å². The molecule has 0 radical (unpaired) electrons. The number of hydrogen-bond donors (Lipinski definition) is 2. The highest BCUT2D eigenvalue weighted by atomic mass is 32.2. The summed E-state index contributed by atoms with van der Waals surface area (Å²) in [6.45, 7) is 0. The number of thioether (sulfide) groups is 2. The third-order valence-corrected chi connectivity index (χ3v) is 7.33. The molecule has 0 bridgehead atoms. The monoisotopic (exact) mass is 346 g/mol. The van der Waals surface area contributed by atoms with Crippen LogP contribution in [-0.4, -0.2) is 26.3 Å². The second-order valence-electron chi connectivity index (χ2n) is 5.75. The summed E-state index contributed by atoms with van der Waals surface area (Å²) >= 11 is 3.72. The van der Waals surface area contributed by atoms with Crippen LogP contribution in [0.25, 0.3) is 0 Å². The predicted molar refractivity (Wildman–Crippen MR) is 99.6 cm³/mol. The summed E-state index contributed by atoms with van der Waals surface area (Å²) in [7, 11) is 0. The average Bonchev–Trinajstić information content (AvgIpc) is 2.64. The Morgan fingerprint density at radius 3 is 1.61 bits per heavy atom. The Balaban J connectivity index is 1.89. The highest BCUT2D eigenvalue weighted by Gasteiger charge is 2.37. The lowest BCUT2D eigenvalue weighted by atomic mass is 9.88. The second kappa shape index (κ2) is 8.25. The molecule has 1 fully saturated rings. The van der Waals surface area contributed by atoms with Gasteiger partial charge in [-0.25, -0.2) is 0 Å². The topological polar surface area (TPSA) is 40.5 Å². The first-order chi connectivity index (χ1) is 11.3. The molecule has 3 rings (SSSR count). The molecule has 4 heteroatoms. The van der Waals surface area contributed by atoms with Gasteiger partial charge in [0.25, 0.3) is 0 Å². The number of aliphatic hydroxyl groups is 2. The van der Waals surface area contributed by atoms with Gasteiger partial charge in [0.1, 0.15) is 0 Å². The zero-order chi connectivity index (χ0) is 16.1. The van der Waals surface area contributed by atoms with E-state index in [1.54, 1.807) is 0 Å². The van der Waals surface area contributed by atoms with Crippen molar-refractivity contribution in [2.24, 2.45) is 5.92 Å². The van der Waals surface area contributed by atoms with E-state index in [0.717, 1.165) is 22.6 Å². The van der Waals surface area contributed by atoms with Gasteiger partial charge in [0, 0.05) is 5.92 Å². The minimum atomic E-state index is -0.672. The average molecular weight is 347 g/mol. The third-order valence-electron chi connectivity index (χ3n) is 4.18. The summed E-state index contributed by atoms with van der Waals surface area (Å²) < 4.78 is 0.203. The van der Waals surface area contributed by atoms with Crippen molar-refractivity contribution in [3.8, 4) is 0 Å². The minimum absolute atomic E-state index is 0.203. The predicted octanol–water partition coefficient (Wildman–Crippen LogP) is 4.27. The van der Waals surface area contributed by atoms with Crippen molar-refractivity contribution in [2.45, 2.75) is 23.2 Å². The van der Waals surface area contributed by atoms with Gasteiger partial charge in [-0.15, -0.1) is 23.5 Å². The SMILES string of the molecule is O[C@@H](c1ccccc1)C(C1SCCCS1)[C@@H](O)c1ccccc1. The summed E-state index contributed by atoms with van der Waals surface area (Å²) in [6, 6.07) is 19.4. The number of rotatable bonds is 5. The largest absolute Gasteiger partial charge is 0.388 e. The summed E-state index contributed by atoms with van der Waals surface area (Å²) in [5.74, 6) is 1.96. The molecule has 2 nitrogen and oxygen atoms in total. The Bertz CT molecular complexity index is 539. The Hall–Kier alpha value is -0.940. The van der Waals surface area contributed by atoms with E-state index in [0.29, 0.717) is 0 Å². The Morgan fingerprint density at radius 1 is 0.739 bits per heavy atom. The first-order valence-electron chi connectivity index (χ1n) is 7.96.